The van der Waals surface area contributed by atoms with Gasteiger partial charge in [0.1, 0.15) is 10.8 Å². The number of hydrogen-bond acceptors (Lipinski definition) is 4. The Labute approximate surface area is 182 Å². The molecule has 6 atom stereocenters. The van der Waals surface area contributed by atoms with E-state index >= 15 is 0 Å². The second-order valence-electron chi connectivity index (χ2n) is 10.6. The topological polar surface area (TPSA) is 53.4 Å². The van der Waals surface area contributed by atoms with Gasteiger partial charge in [-0.15, -0.1) is 11.3 Å². The number of aromatic hydroxyl groups is 1. The van der Waals surface area contributed by atoms with Crippen molar-refractivity contribution in [3.05, 3.63) is 40.9 Å². The fourth-order valence-corrected chi connectivity index (χ4v) is 8.74. The summed E-state index contributed by atoms with van der Waals surface area (Å²) < 4.78 is 0. The number of rotatable bonds is 1. The quantitative estimate of drug-likeness (QED) is 0.588. The summed E-state index contributed by atoms with van der Waals surface area (Å²) in [6, 6.07) is 7.56. The second-order valence-corrected chi connectivity index (χ2v) is 11.7. The highest BCUT2D eigenvalue weighted by Gasteiger charge is 2.58. The molecule has 4 heteroatoms. The van der Waals surface area contributed by atoms with Crippen LogP contribution in [0.15, 0.2) is 30.3 Å². The molecule has 4 aliphatic rings. The fourth-order valence-electron chi connectivity index (χ4n) is 7.63. The van der Waals surface area contributed by atoms with Crippen LogP contribution in [0.4, 0.5) is 0 Å². The van der Waals surface area contributed by atoms with Crippen LogP contribution >= 0.6 is 11.3 Å². The maximum absolute atomic E-state index is 10.7. The number of allylic oxidation sites excluding steroid dienone is 2. The van der Waals surface area contributed by atoms with E-state index in [1.54, 1.807) is 17.4 Å². The van der Waals surface area contributed by atoms with Crippen LogP contribution in [0.5, 0.6) is 5.75 Å². The molecule has 0 saturated heterocycles. The molecule has 0 amide bonds. The van der Waals surface area contributed by atoms with E-state index in [1.165, 1.54) is 35.4 Å². The summed E-state index contributed by atoms with van der Waals surface area (Å²) in [5.41, 5.74) is 3.83. The average Bonchev–Trinajstić information content (AvgIpc) is 3.29. The SMILES string of the molecule is C[C@]12CC[C@H]3[C@@H](CC=C4c5nc(-c6ccccc6O)sc5CC[C@@]43C)[C@@H]1CC[C@@H]2O. The van der Waals surface area contributed by atoms with Crippen molar-refractivity contribution in [2.24, 2.45) is 28.6 Å². The highest BCUT2D eigenvalue weighted by atomic mass is 32.1. The summed E-state index contributed by atoms with van der Waals surface area (Å²) in [4.78, 5) is 6.47. The average molecular weight is 422 g/mol. The van der Waals surface area contributed by atoms with Crippen LogP contribution in [0, 0.1) is 28.6 Å². The van der Waals surface area contributed by atoms with Crippen LogP contribution in [-0.2, 0) is 6.42 Å². The number of thiazole rings is 1. The number of aromatic nitrogens is 1. The minimum atomic E-state index is -0.112. The molecule has 4 aliphatic carbocycles. The van der Waals surface area contributed by atoms with Gasteiger partial charge in [0.15, 0.2) is 0 Å². The largest absolute Gasteiger partial charge is 0.507 e. The lowest BCUT2D eigenvalue weighted by molar-refractivity contribution is -0.0579. The Hall–Kier alpha value is -1.65. The molecule has 0 unspecified atom stereocenters. The minimum Gasteiger partial charge on any atom is -0.507 e. The monoisotopic (exact) mass is 421 g/mol. The number of hydrogen-bond donors (Lipinski definition) is 2. The van der Waals surface area contributed by atoms with Crippen LogP contribution in [0.3, 0.4) is 0 Å². The third-order valence-electron chi connectivity index (χ3n) is 9.37. The molecule has 30 heavy (non-hydrogen) atoms. The number of phenols is 1. The molecule has 2 N–H and O–H groups in total. The van der Waals surface area contributed by atoms with Gasteiger partial charge in [-0.2, -0.15) is 0 Å². The molecule has 6 rings (SSSR count). The Morgan fingerprint density at radius 3 is 2.73 bits per heavy atom. The van der Waals surface area contributed by atoms with E-state index in [9.17, 15) is 10.2 Å². The number of aliphatic hydroxyl groups excluding tert-OH is 1. The Bertz CT molecular complexity index is 1040. The van der Waals surface area contributed by atoms with E-state index in [1.807, 2.05) is 18.2 Å². The predicted octanol–water partition coefficient (Wildman–Crippen LogP) is 6.06. The molecule has 1 aromatic carbocycles. The molecule has 0 radical (unpaired) electrons. The van der Waals surface area contributed by atoms with Crippen molar-refractivity contribution < 1.29 is 10.2 Å². The maximum Gasteiger partial charge on any atom is 0.128 e. The molecule has 2 fully saturated rings. The van der Waals surface area contributed by atoms with Gasteiger partial charge in [0.25, 0.3) is 0 Å². The first kappa shape index (κ1) is 19.1. The third kappa shape index (κ3) is 2.44. The van der Waals surface area contributed by atoms with Crippen LogP contribution in [0.25, 0.3) is 16.1 Å². The molecule has 0 aliphatic heterocycles. The van der Waals surface area contributed by atoms with Gasteiger partial charge >= 0.3 is 0 Å². The fraction of sp³-hybridized carbons (Fsp3) is 0.577. The minimum absolute atomic E-state index is 0.112. The summed E-state index contributed by atoms with van der Waals surface area (Å²) in [6.07, 6.45) is 10.4. The third-order valence-corrected chi connectivity index (χ3v) is 10.5. The van der Waals surface area contributed by atoms with Crippen LogP contribution in [-0.4, -0.2) is 21.3 Å². The van der Waals surface area contributed by atoms with Crippen molar-refractivity contribution in [1.82, 2.24) is 4.98 Å². The van der Waals surface area contributed by atoms with Crippen molar-refractivity contribution in [2.75, 3.05) is 0 Å². The number of aliphatic hydroxyl groups is 1. The standard InChI is InChI=1S/C26H31NO2S/c1-25-14-12-21-23(27-24(30-21)16-5-3-4-6-20(16)28)19(25)8-7-15-17-9-10-22(29)26(17,2)13-11-18(15)25/h3-6,8,15,17-18,22,28-29H,7,9-14H2,1-2H3/t15-,17-,18-,22-,25+,26-/m0/s1. The number of para-hydroxylation sites is 1. The zero-order chi connectivity index (χ0) is 20.7. The Morgan fingerprint density at radius 1 is 1.07 bits per heavy atom. The molecule has 3 nitrogen and oxygen atoms in total. The molecule has 2 aromatic rings. The Morgan fingerprint density at radius 2 is 1.90 bits per heavy atom. The van der Waals surface area contributed by atoms with Gasteiger partial charge in [-0.3, -0.25) is 0 Å². The van der Waals surface area contributed by atoms with Crippen molar-refractivity contribution >= 4 is 16.9 Å². The normalized spacial score (nSPS) is 39.5. The van der Waals surface area contributed by atoms with Gasteiger partial charge < -0.3 is 10.2 Å². The first-order chi connectivity index (χ1) is 14.4. The number of nitrogens with zero attached hydrogens (tertiary/aromatic N) is 1. The first-order valence-corrected chi connectivity index (χ1v) is 12.4. The van der Waals surface area contributed by atoms with E-state index in [4.69, 9.17) is 4.98 Å². The molecule has 1 aromatic heterocycles. The van der Waals surface area contributed by atoms with Gasteiger partial charge in [-0.05, 0) is 91.2 Å². The van der Waals surface area contributed by atoms with Gasteiger partial charge in [-0.1, -0.05) is 32.1 Å². The second kappa shape index (κ2) is 6.43. The number of phenolic OH excluding ortho intramolecular Hbond substituents is 1. The van der Waals surface area contributed by atoms with E-state index in [0.29, 0.717) is 23.5 Å². The molecule has 0 spiro atoms. The van der Waals surface area contributed by atoms with E-state index < -0.39 is 0 Å². The highest BCUT2D eigenvalue weighted by Crippen LogP contribution is 2.66. The van der Waals surface area contributed by atoms with E-state index in [2.05, 4.69) is 19.9 Å². The van der Waals surface area contributed by atoms with Crippen LogP contribution in [0.2, 0.25) is 0 Å². The molecule has 2 saturated carbocycles. The van der Waals surface area contributed by atoms with Crippen molar-refractivity contribution in [3.63, 3.8) is 0 Å². The van der Waals surface area contributed by atoms with Crippen LogP contribution in [0.1, 0.15) is 62.9 Å². The number of benzene rings is 1. The predicted molar refractivity (Wildman–Crippen MR) is 121 cm³/mol. The van der Waals surface area contributed by atoms with E-state index in [0.717, 1.165) is 36.3 Å². The van der Waals surface area contributed by atoms with Crippen LogP contribution < -0.4 is 0 Å². The summed E-state index contributed by atoms with van der Waals surface area (Å²) in [5.74, 6) is 2.38. The van der Waals surface area contributed by atoms with Gasteiger partial charge in [-0.25, -0.2) is 4.98 Å². The Kier molecular flexibility index (Phi) is 4.09. The zero-order valence-corrected chi connectivity index (χ0v) is 18.7. The molecular weight excluding hydrogens is 390 g/mol. The maximum atomic E-state index is 10.7. The molecule has 1 heterocycles. The smallest absolute Gasteiger partial charge is 0.128 e. The van der Waals surface area contributed by atoms with Crippen molar-refractivity contribution in [2.45, 2.75) is 64.9 Å². The lowest BCUT2D eigenvalue weighted by Gasteiger charge is -2.56. The van der Waals surface area contributed by atoms with Crippen molar-refractivity contribution in [3.8, 4) is 16.3 Å². The van der Waals surface area contributed by atoms with Gasteiger partial charge in [0, 0.05) is 4.88 Å². The zero-order valence-electron chi connectivity index (χ0n) is 17.9. The highest BCUT2D eigenvalue weighted by molar-refractivity contribution is 7.15. The summed E-state index contributed by atoms with van der Waals surface area (Å²) in [6.45, 7) is 4.84. The number of aryl methyl sites for hydroxylation is 1. The van der Waals surface area contributed by atoms with E-state index in [-0.39, 0.29) is 16.9 Å². The van der Waals surface area contributed by atoms with Gasteiger partial charge in [0.05, 0.1) is 17.4 Å². The number of fused-ring (bicyclic) bond motifs is 7. The lowest BCUT2D eigenvalue weighted by atomic mass is 9.48. The lowest BCUT2D eigenvalue weighted by Crippen LogP contribution is -2.50. The molecule has 0 bridgehead atoms. The summed E-state index contributed by atoms with van der Waals surface area (Å²) in [7, 11) is 0. The molecular formula is C26H31NO2S. The first-order valence-electron chi connectivity index (χ1n) is 11.6. The van der Waals surface area contributed by atoms with Crippen molar-refractivity contribution in [1.29, 1.82) is 0 Å². The summed E-state index contributed by atoms with van der Waals surface area (Å²) in [5, 5.41) is 22.0. The molecule has 158 valence electrons. The Balaban J connectivity index is 1.40. The van der Waals surface area contributed by atoms with Gasteiger partial charge in [0.2, 0.25) is 0 Å². The summed E-state index contributed by atoms with van der Waals surface area (Å²) >= 11 is 1.76.